The maximum Gasteiger partial charge on any atom is 0.306 e. The summed E-state index contributed by atoms with van der Waals surface area (Å²) in [6.07, 6.45) is 62.3. The number of ether oxygens (including phenoxy) is 3. The Morgan fingerprint density at radius 1 is 0.333 bits per heavy atom. The number of allylic oxidation sites excluding steroid dienone is 8. The van der Waals surface area contributed by atoms with Gasteiger partial charge >= 0.3 is 17.9 Å². The molecule has 6 nitrogen and oxygen atoms in total. The van der Waals surface area contributed by atoms with Crippen LogP contribution in [-0.2, 0) is 28.6 Å². The standard InChI is InChI=1S/C57H102O6/c1-4-7-10-13-16-19-22-25-28-31-34-37-40-43-46-49-55(58)61-52-54(63-57(60)51-48-45-42-39-36-33-30-27-24-21-18-15-12-9-6-3)53-62-56(59)50-47-44-41-38-35-32-29-26-23-20-17-14-11-8-5-2/h7,10,16,19,25-26,28-29,54H,4-6,8-9,11-15,17-18,20-24,27,30-53H2,1-3H3/b10-7-,19-16-,28-25-,29-26-/t54-/m0/s1. The number of carbonyl (C=O) groups is 3. The molecule has 0 rings (SSSR count). The van der Waals surface area contributed by atoms with Crippen LogP contribution in [-0.4, -0.2) is 37.2 Å². The van der Waals surface area contributed by atoms with Crippen LogP contribution in [0.25, 0.3) is 0 Å². The van der Waals surface area contributed by atoms with E-state index in [0.29, 0.717) is 19.3 Å². The highest BCUT2D eigenvalue weighted by Gasteiger charge is 2.19. The maximum absolute atomic E-state index is 12.8. The Labute approximate surface area is 390 Å². The fourth-order valence-corrected chi connectivity index (χ4v) is 7.75. The Morgan fingerprint density at radius 3 is 0.984 bits per heavy atom. The molecular weight excluding hydrogens is 781 g/mol. The smallest absolute Gasteiger partial charge is 0.306 e. The molecule has 0 aromatic heterocycles. The molecule has 0 aliphatic rings. The molecule has 0 fully saturated rings. The Morgan fingerprint density at radius 2 is 0.619 bits per heavy atom. The lowest BCUT2D eigenvalue weighted by atomic mass is 10.0. The van der Waals surface area contributed by atoms with Gasteiger partial charge in [-0.2, -0.15) is 0 Å². The molecule has 0 amide bonds. The van der Waals surface area contributed by atoms with Gasteiger partial charge in [0.2, 0.25) is 0 Å². The van der Waals surface area contributed by atoms with Gasteiger partial charge in [0.05, 0.1) is 0 Å². The fraction of sp³-hybridized carbons (Fsp3) is 0.807. The Hall–Kier alpha value is -2.63. The van der Waals surface area contributed by atoms with Crippen molar-refractivity contribution in [1.29, 1.82) is 0 Å². The summed E-state index contributed by atoms with van der Waals surface area (Å²) >= 11 is 0. The molecule has 0 saturated heterocycles. The van der Waals surface area contributed by atoms with Gasteiger partial charge in [0.25, 0.3) is 0 Å². The van der Waals surface area contributed by atoms with E-state index in [0.717, 1.165) is 103 Å². The molecule has 0 radical (unpaired) electrons. The van der Waals surface area contributed by atoms with Crippen LogP contribution >= 0.6 is 0 Å². The molecule has 0 saturated carbocycles. The number of unbranched alkanes of at least 4 members (excludes halogenated alkanes) is 30. The van der Waals surface area contributed by atoms with Crippen molar-refractivity contribution < 1.29 is 28.6 Å². The monoisotopic (exact) mass is 883 g/mol. The average Bonchev–Trinajstić information content (AvgIpc) is 3.28. The highest BCUT2D eigenvalue weighted by molar-refractivity contribution is 5.71. The molecule has 0 N–H and O–H groups in total. The second-order valence-electron chi connectivity index (χ2n) is 18.1. The first-order valence-corrected chi connectivity index (χ1v) is 27.1. The normalized spacial score (nSPS) is 12.4. The molecule has 0 aliphatic heterocycles. The van der Waals surface area contributed by atoms with Gasteiger partial charge < -0.3 is 14.2 Å². The largest absolute Gasteiger partial charge is 0.462 e. The highest BCUT2D eigenvalue weighted by atomic mass is 16.6. The minimum Gasteiger partial charge on any atom is -0.462 e. The molecule has 1 atom stereocenters. The second-order valence-corrected chi connectivity index (χ2v) is 18.1. The van der Waals surface area contributed by atoms with Crippen molar-refractivity contribution in [1.82, 2.24) is 0 Å². The van der Waals surface area contributed by atoms with E-state index < -0.39 is 6.10 Å². The Kier molecular flexibility index (Phi) is 49.8. The predicted octanol–water partition coefficient (Wildman–Crippen LogP) is 17.9. The van der Waals surface area contributed by atoms with Gasteiger partial charge in [-0.25, -0.2) is 0 Å². The highest BCUT2D eigenvalue weighted by Crippen LogP contribution is 2.16. The molecule has 6 heteroatoms. The van der Waals surface area contributed by atoms with E-state index in [2.05, 4.69) is 69.4 Å². The summed E-state index contributed by atoms with van der Waals surface area (Å²) in [5, 5.41) is 0. The predicted molar refractivity (Wildman–Crippen MR) is 270 cm³/mol. The summed E-state index contributed by atoms with van der Waals surface area (Å²) in [7, 11) is 0. The minimum atomic E-state index is -0.780. The molecule has 0 aliphatic carbocycles. The van der Waals surface area contributed by atoms with Crippen LogP contribution in [0.1, 0.15) is 278 Å². The van der Waals surface area contributed by atoms with Crippen molar-refractivity contribution in [2.45, 2.75) is 284 Å². The summed E-state index contributed by atoms with van der Waals surface area (Å²) in [6, 6.07) is 0. The zero-order chi connectivity index (χ0) is 45.8. The lowest BCUT2D eigenvalue weighted by Gasteiger charge is -2.18. The van der Waals surface area contributed by atoms with E-state index in [9.17, 15) is 14.4 Å². The number of esters is 3. The van der Waals surface area contributed by atoms with Crippen LogP contribution in [0.2, 0.25) is 0 Å². The van der Waals surface area contributed by atoms with Gasteiger partial charge in [0.15, 0.2) is 6.10 Å². The summed E-state index contributed by atoms with van der Waals surface area (Å²) < 4.78 is 16.8. The molecular formula is C57H102O6. The van der Waals surface area contributed by atoms with Gasteiger partial charge in [-0.3, -0.25) is 14.4 Å². The van der Waals surface area contributed by atoms with Crippen LogP contribution in [0.5, 0.6) is 0 Å². The van der Waals surface area contributed by atoms with Crippen LogP contribution in [0.15, 0.2) is 48.6 Å². The van der Waals surface area contributed by atoms with Gasteiger partial charge in [-0.1, -0.05) is 230 Å². The second kappa shape index (κ2) is 52.0. The molecule has 63 heavy (non-hydrogen) atoms. The first-order valence-electron chi connectivity index (χ1n) is 27.1. The molecule has 0 heterocycles. The number of hydrogen-bond acceptors (Lipinski definition) is 6. The Balaban J connectivity index is 4.39. The zero-order valence-corrected chi connectivity index (χ0v) is 41.8. The van der Waals surface area contributed by atoms with E-state index in [1.165, 1.54) is 135 Å². The quantitative estimate of drug-likeness (QED) is 0.0262. The average molecular weight is 883 g/mol. The van der Waals surface area contributed by atoms with E-state index >= 15 is 0 Å². The maximum atomic E-state index is 12.8. The van der Waals surface area contributed by atoms with Crippen molar-refractivity contribution >= 4 is 17.9 Å². The summed E-state index contributed by atoms with van der Waals surface area (Å²) in [4.78, 5) is 38.0. The van der Waals surface area contributed by atoms with E-state index in [-0.39, 0.29) is 31.1 Å². The third kappa shape index (κ3) is 50.2. The number of rotatable bonds is 49. The van der Waals surface area contributed by atoms with E-state index in [1.54, 1.807) is 0 Å². The first kappa shape index (κ1) is 60.4. The Bertz CT molecular complexity index is 1110. The van der Waals surface area contributed by atoms with E-state index in [1.807, 2.05) is 0 Å². The lowest BCUT2D eigenvalue weighted by Crippen LogP contribution is -2.30. The van der Waals surface area contributed by atoms with Crippen LogP contribution in [0.3, 0.4) is 0 Å². The first-order chi connectivity index (χ1) is 31.0. The van der Waals surface area contributed by atoms with Crippen molar-refractivity contribution in [2.75, 3.05) is 13.2 Å². The summed E-state index contributed by atoms with van der Waals surface area (Å²) in [5.74, 6) is -0.894. The summed E-state index contributed by atoms with van der Waals surface area (Å²) in [5.41, 5.74) is 0. The van der Waals surface area contributed by atoms with Crippen LogP contribution < -0.4 is 0 Å². The molecule has 0 aromatic rings. The van der Waals surface area contributed by atoms with Gasteiger partial charge in [0.1, 0.15) is 13.2 Å². The van der Waals surface area contributed by atoms with Crippen LogP contribution in [0.4, 0.5) is 0 Å². The molecule has 0 aromatic carbocycles. The number of carbonyl (C=O) groups excluding carboxylic acids is 3. The van der Waals surface area contributed by atoms with Gasteiger partial charge in [-0.15, -0.1) is 0 Å². The third-order valence-electron chi connectivity index (χ3n) is 11.8. The molecule has 0 bridgehead atoms. The molecule has 0 spiro atoms. The fourth-order valence-electron chi connectivity index (χ4n) is 7.75. The van der Waals surface area contributed by atoms with Gasteiger partial charge in [-0.05, 0) is 77.0 Å². The van der Waals surface area contributed by atoms with Crippen LogP contribution in [0, 0.1) is 0 Å². The molecule has 0 unspecified atom stereocenters. The lowest BCUT2D eigenvalue weighted by molar-refractivity contribution is -0.167. The SMILES string of the molecule is CC/C=C\C/C=C\C/C=C\CCCCCCCC(=O)OC[C@@H](COC(=O)CCCCCCC/C=C\CCCCCCCC)OC(=O)CCCCCCCCCCCCCCCCC. The van der Waals surface area contributed by atoms with Crippen molar-refractivity contribution in [3.63, 3.8) is 0 Å². The van der Waals surface area contributed by atoms with E-state index in [4.69, 9.17) is 14.2 Å². The zero-order valence-electron chi connectivity index (χ0n) is 41.8. The van der Waals surface area contributed by atoms with Crippen molar-refractivity contribution in [3.05, 3.63) is 48.6 Å². The minimum absolute atomic E-state index is 0.0805. The third-order valence-corrected chi connectivity index (χ3v) is 11.8. The van der Waals surface area contributed by atoms with Crippen molar-refractivity contribution in [3.8, 4) is 0 Å². The molecule has 366 valence electrons. The van der Waals surface area contributed by atoms with Gasteiger partial charge in [0, 0.05) is 19.3 Å². The number of hydrogen-bond donors (Lipinski definition) is 0. The summed E-state index contributed by atoms with van der Waals surface area (Å²) in [6.45, 7) is 6.52. The van der Waals surface area contributed by atoms with Crippen molar-refractivity contribution in [2.24, 2.45) is 0 Å². The topological polar surface area (TPSA) is 78.9 Å².